The van der Waals surface area contributed by atoms with Gasteiger partial charge >= 0.3 is 16.3 Å². The first-order chi connectivity index (χ1) is 17.9. The van der Waals surface area contributed by atoms with Crippen molar-refractivity contribution in [1.82, 2.24) is 4.90 Å². The lowest BCUT2D eigenvalue weighted by Crippen LogP contribution is -2.38. The number of alkyl halides is 3. The van der Waals surface area contributed by atoms with Crippen LogP contribution in [-0.4, -0.2) is 39.5 Å². The molecule has 0 bridgehead atoms. The quantitative estimate of drug-likeness (QED) is 0.291. The first-order valence-corrected chi connectivity index (χ1v) is 13.0. The molecule has 7 nitrogen and oxygen atoms in total. The van der Waals surface area contributed by atoms with E-state index >= 15 is 0 Å². The first kappa shape index (κ1) is 28.8. The van der Waals surface area contributed by atoms with Gasteiger partial charge in [-0.05, 0) is 61.4 Å². The normalized spacial score (nSPS) is 12.5. The van der Waals surface area contributed by atoms with E-state index in [1.807, 2.05) is 13.8 Å². The van der Waals surface area contributed by atoms with Crippen molar-refractivity contribution in [2.24, 2.45) is 0 Å². The summed E-state index contributed by atoms with van der Waals surface area (Å²) in [5, 5.41) is 0. The fourth-order valence-corrected chi connectivity index (χ4v) is 4.64. The van der Waals surface area contributed by atoms with Crippen LogP contribution in [0.3, 0.4) is 0 Å². The minimum atomic E-state index is -4.70. The van der Waals surface area contributed by atoms with Crippen LogP contribution >= 0.6 is 0 Å². The SMILES string of the molecule is CC[C@@H](C)N(Cc1cccc(OS(=O)(=O)c2cccc(C(F)(F)F)c2)c1)C(=O)c1ccc(OC)cc1OC. The molecule has 38 heavy (non-hydrogen) atoms. The van der Waals surface area contributed by atoms with E-state index in [-0.39, 0.29) is 24.2 Å². The summed E-state index contributed by atoms with van der Waals surface area (Å²) in [6.45, 7) is 3.92. The average Bonchev–Trinajstić information content (AvgIpc) is 2.90. The molecule has 204 valence electrons. The minimum Gasteiger partial charge on any atom is -0.497 e. The topological polar surface area (TPSA) is 82.1 Å². The maximum absolute atomic E-state index is 13.5. The van der Waals surface area contributed by atoms with Gasteiger partial charge in [0.05, 0.1) is 25.3 Å². The Hall–Kier alpha value is -3.73. The van der Waals surface area contributed by atoms with Gasteiger partial charge in [0.2, 0.25) is 0 Å². The molecule has 0 aliphatic heterocycles. The van der Waals surface area contributed by atoms with Crippen molar-refractivity contribution in [3.63, 3.8) is 0 Å². The van der Waals surface area contributed by atoms with Gasteiger partial charge in [-0.1, -0.05) is 25.1 Å². The minimum absolute atomic E-state index is 0.0986. The Bertz CT molecular complexity index is 1390. The highest BCUT2D eigenvalue weighted by atomic mass is 32.2. The summed E-state index contributed by atoms with van der Waals surface area (Å²) < 4.78 is 80.3. The van der Waals surface area contributed by atoms with Crippen LogP contribution in [0.15, 0.2) is 71.6 Å². The van der Waals surface area contributed by atoms with Gasteiger partial charge in [-0.3, -0.25) is 4.79 Å². The molecular weight excluding hydrogens is 523 g/mol. The number of carbonyl (C=O) groups excluding carboxylic acids is 1. The van der Waals surface area contributed by atoms with Crippen LogP contribution in [0.25, 0.3) is 0 Å². The lowest BCUT2D eigenvalue weighted by molar-refractivity contribution is -0.137. The van der Waals surface area contributed by atoms with E-state index in [1.165, 1.54) is 26.4 Å². The first-order valence-electron chi connectivity index (χ1n) is 11.6. The number of rotatable bonds is 10. The van der Waals surface area contributed by atoms with E-state index in [2.05, 4.69) is 0 Å². The zero-order valence-electron chi connectivity index (χ0n) is 21.3. The lowest BCUT2D eigenvalue weighted by atomic mass is 10.1. The molecule has 0 fully saturated rings. The van der Waals surface area contributed by atoms with Crippen LogP contribution in [-0.2, 0) is 22.8 Å². The van der Waals surface area contributed by atoms with Gasteiger partial charge in [0.15, 0.2) is 0 Å². The van der Waals surface area contributed by atoms with E-state index in [1.54, 1.807) is 35.2 Å². The van der Waals surface area contributed by atoms with Crippen LogP contribution < -0.4 is 13.7 Å². The van der Waals surface area contributed by atoms with Gasteiger partial charge in [-0.25, -0.2) is 0 Å². The van der Waals surface area contributed by atoms with Gasteiger partial charge in [0.25, 0.3) is 5.91 Å². The highest BCUT2D eigenvalue weighted by Gasteiger charge is 2.32. The van der Waals surface area contributed by atoms with Crippen molar-refractivity contribution in [2.75, 3.05) is 14.2 Å². The Labute approximate surface area is 219 Å². The highest BCUT2D eigenvalue weighted by Crippen LogP contribution is 2.32. The molecule has 0 heterocycles. The van der Waals surface area contributed by atoms with Crippen molar-refractivity contribution in [2.45, 2.75) is 43.9 Å². The highest BCUT2D eigenvalue weighted by molar-refractivity contribution is 7.87. The summed E-state index contributed by atoms with van der Waals surface area (Å²) in [6.07, 6.45) is -4.06. The van der Waals surface area contributed by atoms with E-state index in [9.17, 15) is 26.4 Å². The average molecular weight is 552 g/mol. The van der Waals surface area contributed by atoms with Crippen LogP contribution in [0.2, 0.25) is 0 Å². The Morgan fingerprint density at radius 1 is 0.947 bits per heavy atom. The number of ether oxygens (including phenoxy) is 2. The zero-order valence-corrected chi connectivity index (χ0v) is 22.1. The second-order valence-electron chi connectivity index (χ2n) is 8.47. The molecule has 0 saturated carbocycles. The Balaban J connectivity index is 1.88. The summed E-state index contributed by atoms with van der Waals surface area (Å²) >= 11 is 0. The largest absolute Gasteiger partial charge is 0.497 e. The molecule has 0 N–H and O–H groups in total. The van der Waals surface area contributed by atoms with Crippen LogP contribution in [0, 0.1) is 0 Å². The van der Waals surface area contributed by atoms with Crippen molar-refractivity contribution in [1.29, 1.82) is 0 Å². The van der Waals surface area contributed by atoms with Gasteiger partial charge in [0, 0.05) is 18.7 Å². The van der Waals surface area contributed by atoms with Crippen LogP contribution in [0.5, 0.6) is 17.2 Å². The number of benzene rings is 3. The molecule has 3 rings (SSSR count). The molecule has 0 radical (unpaired) electrons. The Morgan fingerprint density at radius 2 is 1.66 bits per heavy atom. The zero-order chi connectivity index (χ0) is 28.1. The molecule has 1 atom stereocenters. The molecule has 0 aliphatic rings. The summed E-state index contributed by atoms with van der Waals surface area (Å²) in [5.74, 6) is 0.465. The van der Waals surface area contributed by atoms with Crippen molar-refractivity contribution >= 4 is 16.0 Å². The van der Waals surface area contributed by atoms with Crippen LogP contribution in [0.1, 0.15) is 41.8 Å². The van der Waals surface area contributed by atoms with Crippen molar-refractivity contribution in [3.8, 4) is 17.2 Å². The second kappa shape index (κ2) is 11.8. The maximum atomic E-state index is 13.5. The summed E-state index contributed by atoms with van der Waals surface area (Å²) in [7, 11) is -1.59. The standard InChI is InChI=1S/C27H28F3NO6S/c1-5-18(2)31(26(32)24-13-12-21(35-3)16-25(24)36-4)17-19-8-6-10-22(14-19)37-38(33,34)23-11-7-9-20(15-23)27(28,29)30/h6-16,18H,5,17H2,1-4H3/t18-/m1/s1. The molecule has 0 aromatic heterocycles. The number of carbonyl (C=O) groups is 1. The summed E-state index contributed by atoms with van der Waals surface area (Å²) in [4.78, 5) is 14.5. The number of hydrogen-bond acceptors (Lipinski definition) is 6. The van der Waals surface area contributed by atoms with Crippen molar-refractivity contribution in [3.05, 3.63) is 83.4 Å². The lowest BCUT2D eigenvalue weighted by Gasteiger charge is -2.29. The third-order valence-electron chi connectivity index (χ3n) is 5.93. The number of hydrogen-bond donors (Lipinski definition) is 0. The predicted molar refractivity (Wildman–Crippen MR) is 135 cm³/mol. The fraction of sp³-hybridized carbons (Fsp3) is 0.296. The van der Waals surface area contributed by atoms with E-state index in [4.69, 9.17) is 13.7 Å². The Kier molecular flexibility index (Phi) is 8.93. The molecule has 0 saturated heterocycles. The van der Waals surface area contributed by atoms with E-state index in [0.717, 1.165) is 18.2 Å². The monoisotopic (exact) mass is 551 g/mol. The number of amides is 1. The van der Waals surface area contributed by atoms with Gasteiger partial charge in [-0.2, -0.15) is 21.6 Å². The third kappa shape index (κ3) is 6.77. The van der Waals surface area contributed by atoms with Gasteiger partial charge in [-0.15, -0.1) is 0 Å². The van der Waals surface area contributed by atoms with Gasteiger partial charge in [0.1, 0.15) is 22.1 Å². The molecule has 0 aliphatic carbocycles. The molecule has 11 heteroatoms. The van der Waals surface area contributed by atoms with Gasteiger partial charge < -0.3 is 18.6 Å². The Morgan fingerprint density at radius 3 is 2.29 bits per heavy atom. The molecule has 0 unspecified atom stereocenters. The summed E-state index contributed by atoms with van der Waals surface area (Å²) in [6, 6.07) is 14.0. The maximum Gasteiger partial charge on any atom is 0.416 e. The molecule has 3 aromatic carbocycles. The fourth-order valence-electron chi connectivity index (χ4n) is 3.67. The molecular formula is C27H28F3NO6S. The van der Waals surface area contributed by atoms with E-state index in [0.29, 0.717) is 35.1 Å². The number of methoxy groups -OCH3 is 2. The third-order valence-corrected chi connectivity index (χ3v) is 7.17. The smallest absolute Gasteiger partial charge is 0.416 e. The van der Waals surface area contributed by atoms with Crippen LogP contribution in [0.4, 0.5) is 13.2 Å². The number of nitrogens with zero attached hydrogens (tertiary/aromatic N) is 1. The predicted octanol–water partition coefficient (Wildman–Crippen LogP) is 5.93. The second-order valence-corrected chi connectivity index (χ2v) is 10.0. The summed E-state index contributed by atoms with van der Waals surface area (Å²) in [5.41, 5.74) is -0.219. The molecule has 1 amide bonds. The molecule has 0 spiro atoms. The number of halogens is 3. The van der Waals surface area contributed by atoms with E-state index < -0.39 is 26.8 Å². The molecule has 3 aromatic rings. The van der Waals surface area contributed by atoms with Crippen molar-refractivity contribution < 1.29 is 40.0 Å².